The van der Waals surface area contributed by atoms with Gasteiger partial charge in [0.1, 0.15) is 12.6 Å². The molecule has 0 spiro atoms. The maximum absolute atomic E-state index is 12.9. The van der Waals surface area contributed by atoms with Gasteiger partial charge in [0.25, 0.3) is 0 Å². The highest BCUT2D eigenvalue weighted by Crippen LogP contribution is 2.46. The van der Waals surface area contributed by atoms with E-state index in [0.717, 1.165) is 5.56 Å². The number of benzene rings is 1. The minimum Gasteiger partial charge on any atom is -0.445 e. The van der Waals surface area contributed by atoms with Crippen molar-refractivity contribution in [2.75, 3.05) is 6.54 Å². The Morgan fingerprint density at radius 1 is 1.27 bits per heavy atom. The second-order valence-corrected chi connectivity index (χ2v) is 13.8. The molecule has 3 atom stereocenters. The Bertz CT molecular complexity index is 701. The Morgan fingerprint density at radius 3 is 2.46 bits per heavy atom. The molecule has 1 aromatic rings. The fourth-order valence-electron chi connectivity index (χ4n) is 3.62. The molecule has 7 heteroatoms. The average Bonchev–Trinajstić information content (AvgIpc) is 2.85. The van der Waals surface area contributed by atoms with Gasteiger partial charge in [-0.05, 0) is 10.6 Å². The number of rotatable bonds is 3. The number of carbonyl (C=O) groups is 2. The van der Waals surface area contributed by atoms with Gasteiger partial charge in [-0.25, -0.2) is 4.79 Å². The summed E-state index contributed by atoms with van der Waals surface area (Å²) in [7, 11) is -2.10. The number of aliphatic hydroxyl groups excluding tert-OH is 1. The second kappa shape index (κ2) is 6.39. The molecule has 0 unspecified atom stereocenters. The van der Waals surface area contributed by atoms with Crippen molar-refractivity contribution in [1.29, 1.82) is 0 Å². The molecule has 0 saturated carbocycles. The zero-order chi connectivity index (χ0) is 19.3. The van der Waals surface area contributed by atoms with Crippen LogP contribution in [0.5, 0.6) is 0 Å². The van der Waals surface area contributed by atoms with Crippen molar-refractivity contribution in [2.24, 2.45) is 0 Å². The van der Waals surface area contributed by atoms with Crippen LogP contribution in [-0.4, -0.2) is 59.5 Å². The first kappa shape index (κ1) is 18.9. The van der Waals surface area contributed by atoms with E-state index in [0.29, 0.717) is 0 Å². The van der Waals surface area contributed by atoms with Crippen LogP contribution in [0.3, 0.4) is 0 Å². The predicted octanol–water partition coefficient (Wildman–Crippen LogP) is 2.58. The van der Waals surface area contributed by atoms with Crippen molar-refractivity contribution in [1.82, 2.24) is 9.47 Å². The third-order valence-corrected chi connectivity index (χ3v) is 11.5. The fraction of sp³-hybridized carbons (Fsp3) is 0.579. The fourth-order valence-corrected chi connectivity index (χ4v) is 6.08. The van der Waals surface area contributed by atoms with Crippen molar-refractivity contribution in [3.05, 3.63) is 35.9 Å². The Balaban J connectivity index is 1.70. The van der Waals surface area contributed by atoms with Gasteiger partial charge in [0.05, 0.1) is 18.7 Å². The van der Waals surface area contributed by atoms with Gasteiger partial charge in [0.15, 0.2) is 8.24 Å². The molecule has 2 fully saturated rings. The van der Waals surface area contributed by atoms with Gasteiger partial charge in [-0.2, -0.15) is 0 Å². The van der Waals surface area contributed by atoms with Gasteiger partial charge in [-0.15, -0.1) is 0 Å². The SMILES string of the molecule is CC(C)(C)[Si](C)(C)N1C(=O)[C@@H]2[C@H]1[C@@H](O)CN2C(=O)OCc1ccccc1. The lowest BCUT2D eigenvalue weighted by Crippen LogP contribution is -2.77. The normalized spacial score (nSPS) is 25.8. The molecule has 2 aliphatic heterocycles. The standard InChI is InChI=1S/C19H28N2O4Si/c1-19(2,3)26(4,5)21-15-14(22)11-20(16(15)17(21)23)18(24)25-12-13-9-7-6-8-10-13/h6-10,14-16,22H,11-12H2,1-5H3/t14-,15+,16-/m0/s1. The number of hydrogen-bond donors (Lipinski definition) is 1. The monoisotopic (exact) mass is 376 g/mol. The Hall–Kier alpha value is -1.86. The van der Waals surface area contributed by atoms with E-state index < -0.39 is 26.5 Å². The van der Waals surface area contributed by atoms with E-state index in [1.54, 1.807) is 0 Å². The molecule has 1 aromatic carbocycles. The molecular weight excluding hydrogens is 348 g/mol. The van der Waals surface area contributed by atoms with Crippen molar-refractivity contribution >= 4 is 20.2 Å². The molecule has 1 N–H and O–H groups in total. The molecule has 26 heavy (non-hydrogen) atoms. The number of carbonyl (C=O) groups excluding carboxylic acids is 2. The number of fused-ring (bicyclic) bond motifs is 1. The van der Waals surface area contributed by atoms with Gasteiger partial charge in [0, 0.05) is 0 Å². The van der Waals surface area contributed by atoms with Crippen LogP contribution in [0.15, 0.2) is 30.3 Å². The van der Waals surface area contributed by atoms with Crippen LogP contribution in [0.25, 0.3) is 0 Å². The van der Waals surface area contributed by atoms with E-state index in [2.05, 4.69) is 33.9 Å². The van der Waals surface area contributed by atoms with Gasteiger partial charge < -0.3 is 14.4 Å². The molecule has 2 heterocycles. The van der Waals surface area contributed by atoms with Crippen LogP contribution in [-0.2, 0) is 16.1 Å². The number of amides is 2. The number of aliphatic hydroxyl groups is 1. The Kier molecular flexibility index (Phi) is 4.65. The summed E-state index contributed by atoms with van der Waals surface area (Å²) in [5.74, 6) is -0.0604. The predicted molar refractivity (Wildman–Crippen MR) is 101 cm³/mol. The van der Waals surface area contributed by atoms with Crippen LogP contribution < -0.4 is 0 Å². The zero-order valence-electron chi connectivity index (χ0n) is 16.1. The van der Waals surface area contributed by atoms with E-state index in [1.807, 2.05) is 34.9 Å². The van der Waals surface area contributed by atoms with E-state index in [1.165, 1.54) is 4.90 Å². The highest BCUT2D eigenvalue weighted by molar-refractivity contribution is 6.80. The molecule has 3 rings (SSSR count). The van der Waals surface area contributed by atoms with E-state index in [-0.39, 0.29) is 30.1 Å². The number of hydrogen-bond acceptors (Lipinski definition) is 4. The summed E-state index contributed by atoms with van der Waals surface area (Å²) in [5, 5.41) is 10.5. The van der Waals surface area contributed by atoms with Crippen LogP contribution in [0, 0.1) is 0 Å². The van der Waals surface area contributed by atoms with Gasteiger partial charge >= 0.3 is 6.09 Å². The lowest BCUT2D eigenvalue weighted by Gasteiger charge is -2.57. The van der Waals surface area contributed by atoms with Gasteiger partial charge in [0.2, 0.25) is 5.91 Å². The Labute approximate surface area is 155 Å². The highest BCUT2D eigenvalue weighted by atomic mass is 28.3. The number of β-amino-alcohol motifs (C(OH)–C–C–N with tert-alkyl or cyclic N) is 1. The third-order valence-electron chi connectivity index (χ3n) is 6.10. The van der Waals surface area contributed by atoms with Crippen LogP contribution in [0.4, 0.5) is 4.79 Å². The molecule has 142 valence electrons. The first-order chi connectivity index (χ1) is 12.1. The summed E-state index contributed by atoms with van der Waals surface area (Å²) in [4.78, 5) is 26.8. The highest BCUT2D eigenvalue weighted by Gasteiger charge is 2.65. The van der Waals surface area contributed by atoms with E-state index in [4.69, 9.17) is 4.74 Å². The molecule has 6 nitrogen and oxygen atoms in total. The minimum atomic E-state index is -2.10. The number of nitrogens with zero attached hydrogens (tertiary/aromatic N) is 2. The molecule has 0 bridgehead atoms. The summed E-state index contributed by atoms with van der Waals surface area (Å²) in [6.45, 7) is 11.0. The lowest BCUT2D eigenvalue weighted by molar-refractivity contribution is -0.147. The molecule has 2 saturated heterocycles. The largest absolute Gasteiger partial charge is 0.445 e. The van der Waals surface area contributed by atoms with Gasteiger partial charge in [-0.1, -0.05) is 64.2 Å². The summed E-state index contributed by atoms with van der Waals surface area (Å²) >= 11 is 0. The molecule has 0 radical (unpaired) electrons. The lowest BCUT2D eigenvalue weighted by atomic mass is 9.98. The second-order valence-electron chi connectivity index (χ2n) is 8.71. The molecule has 2 amide bonds. The van der Waals surface area contributed by atoms with Crippen LogP contribution >= 0.6 is 0 Å². The number of β-lactam (4-membered cyclic amide) rings is 1. The Morgan fingerprint density at radius 2 is 1.88 bits per heavy atom. The van der Waals surface area contributed by atoms with Crippen molar-refractivity contribution in [3.63, 3.8) is 0 Å². The van der Waals surface area contributed by atoms with Crippen molar-refractivity contribution < 1.29 is 19.4 Å². The summed E-state index contributed by atoms with van der Waals surface area (Å²) in [6.07, 6.45) is -1.26. The third kappa shape index (κ3) is 2.93. The van der Waals surface area contributed by atoms with Crippen molar-refractivity contribution in [3.8, 4) is 0 Å². The molecular formula is C19H28N2O4Si. The van der Waals surface area contributed by atoms with Crippen LogP contribution in [0.1, 0.15) is 26.3 Å². The minimum absolute atomic E-state index is 0.0193. The van der Waals surface area contributed by atoms with E-state index >= 15 is 0 Å². The van der Waals surface area contributed by atoms with Crippen LogP contribution in [0.2, 0.25) is 18.1 Å². The smallest absolute Gasteiger partial charge is 0.410 e. The number of ether oxygens (including phenoxy) is 1. The maximum Gasteiger partial charge on any atom is 0.410 e. The maximum atomic E-state index is 12.9. The first-order valence-electron chi connectivity index (χ1n) is 9.04. The number of likely N-dealkylation sites (tertiary alicyclic amines) is 1. The van der Waals surface area contributed by atoms with E-state index in [9.17, 15) is 14.7 Å². The molecule has 2 aliphatic rings. The quantitative estimate of drug-likeness (QED) is 0.650. The topological polar surface area (TPSA) is 70.1 Å². The molecule has 0 aliphatic carbocycles. The van der Waals surface area contributed by atoms with Gasteiger partial charge in [-0.3, -0.25) is 9.69 Å². The summed E-state index contributed by atoms with van der Waals surface area (Å²) < 4.78 is 7.25. The van der Waals surface area contributed by atoms with Crippen molar-refractivity contribution in [2.45, 2.75) is 63.7 Å². The first-order valence-corrected chi connectivity index (χ1v) is 12.0. The summed E-state index contributed by atoms with van der Waals surface area (Å²) in [5.41, 5.74) is 0.889. The average molecular weight is 377 g/mol. The molecule has 0 aromatic heterocycles. The zero-order valence-corrected chi connectivity index (χ0v) is 17.1. The summed E-state index contributed by atoms with van der Waals surface area (Å²) in [6, 6.07) is 8.51.